The van der Waals surface area contributed by atoms with Crippen molar-refractivity contribution < 1.29 is 9.59 Å². The summed E-state index contributed by atoms with van der Waals surface area (Å²) in [4.78, 5) is 25.1. The Bertz CT molecular complexity index is 481. The zero-order valence-corrected chi connectivity index (χ0v) is 12.1. The average Bonchev–Trinajstić information content (AvgIpc) is 2.26. The van der Waals surface area contributed by atoms with Crippen LogP contribution in [0.5, 0.6) is 0 Å². The third-order valence-electron chi connectivity index (χ3n) is 3.12. The van der Waals surface area contributed by atoms with Gasteiger partial charge in [0.25, 0.3) is 0 Å². The van der Waals surface area contributed by atoms with Gasteiger partial charge >= 0.3 is 0 Å². The summed E-state index contributed by atoms with van der Waals surface area (Å²) in [7, 11) is 0. The minimum atomic E-state index is -0.415. The van der Waals surface area contributed by atoms with Crippen molar-refractivity contribution in [1.29, 1.82) is 0 Å². The van der Waals surface area contributed by atoms with E-state index < -0.39 is 5.91 Å². The molecule has 0 radical (unpaired) electrons. The summed E-state index contributed by atoms with van der Waals surface area (Å²) in [6.07, 6.45) is 0. The molecular weight excluding hydrogens is 240 g/mol. The first kappa shape index (κ1) is 15.4. The lowest BCUT2D eigenvalue weighted by molar-refractivity contribution is -0.119. The molecule has 0 saturated carbocycles. The van der Waals surface area contributed by atoms with E-state index in [2.05, 4.69) is 0 Å². The third kappa shape index (κ3) is 4.48. The molecule has 19 heavy (non-hydrogen) atoms. The minimum Gasteiger partial charge on any atom is -0.369 e. The number of rotatable bonds is 6. The van der Waals surface area contributed by atoms with Crippen LogP contribution in [0.4, 0.5) is 0 Å². The van der Waals surface area contributed by atoms with E-state index in [0.29, 0.717) is 5.56 Å². The molecule has 4 heteroatoms. The zero-order chi connectivity index (χ0) is 14.6. The number of nitrogens with zero attached hydrogens (tertiary/aromatic N) is 1. The predicted octanol–water partition coefficient (Wildman–Crippen LogP) is 1.68. The summed E-state index contributed by atoms with van der Waals surface area (Å²) in [6.45, 7) is 8.12. The van der Waals surface area contributed by atoms with Crippen molar-refractivity contribution >= 4 is 11.7 Å². The number of benzene rings is 1. The molecule has 0 aliphatic carbocycles. The van der Waals surface area contributed by atoms with E-state index in [-0.39, 0.29) is 24.9 Å². The fraction of sp³-hybridized carbons (Fsp3) is 0.467. The van der Waals surface area contributed by atoms with Crippen LogP contribution in [0.3, 0.4) is 0 Å². The molecule has 104 valence electrons. The molecule has 0 unspecified atom stereocenters. The Morgan fingerprint density at radius 3 is 2.32 bits per heavy atom. The van der Waals surface area contributed by atoms with Gasteiger partial charge in [-0.25, -0.2) is 0 Å². The Morgan fingerprint density at radius 2 is 1.84 bits per heavy atom. The quantitative estimate of drug-likeness (QED) is 0.793. The molecule has 1 aromatic rings. The number of hydrogen-bond donors (Lipinski definition) is 1. The van der Waals surface area contributed by atoms with Crippen molar-refractivity contribution in [2.24, 2.45) is 5.73 Å². The molecule has 0 bridgehead atoms. The number of aryl methyl sites for hydroxylation is 2. The Balaban J connectivity index is 2.84. The summed E-state index contributed by atoms with van der Waals surface area (Å²) in [5.74, 6) is -0.394. The van der Waals surface area contributed by atoms with Crippen molar-refractivity contribution in [1.82, 2.24) is 4.90 Å². The molecule has 1 aromatic carbocycles. The van der Waals surface area contributed by atoms with Gasteiger partial charge in [0.1, 0.15) is 0 Å². The Hall–Kier alpha value is -1.68. The maximum Gasteiger partial charge on any atom is 0.231 e. The molecule has 0 spiro atoms. The largest absolute Gasteiger partial charge is 0.369 e. The lowest BCUT2D eigenvalue weighted by Crippen LogP contribution is -2.41. The highest BCUT2D eigenvalue weighted by Crippen LogP contribution is 2.12. The minimum absolute atomic E-state index is 0.0208. The molecular formula is C15H22N2O2. The van der Waals surface area contributed by atoms with Crippen molar-refractivity contribution in [3.8, 4) is 0 Å². The number of amides is 1. The summed E-state index contributed by atoms with van der Waals surface area (Å²) in [5.41, 5.74) is 8.01. The number of nitrogens with two attached hydrogens (primary N) is 1. The van der Waals surface area contributed by atoms with Crippen LogP contribution in [-0.2, 0) is 4.79 Å². The second kappa shape index (κ2) is 6.48. The third-order valence-corrected chi connectivity index (χ3v) is 3.12. The van der Waals surface area contributed by atoms with Crippen LogP contribution >= 0.6 is 0 Å². The van der Waals surface area contributed by atoms with E-state index in [0.717, 1.165) is 11.1 Å². The van der Waals surface area contributed by atoms with Crippen LogP contribution in [0, 0.1) is 13.8 Å². The van der Waals surface area contributed by atoms with E-state index in [4.69, 9.17) is 5.73 Å². The summed E-state index contributed by atoms with van der Waals surface area (Å²) >= 11 is 0. The number of primary amides is 1. The molecule has 1 amide bonds. The topological polar surface area (TPSA) is 63.4 Å². The van der Waals surface area contributed by atoms with Gasteiger partial charge in [0.15, 0.2) is 5.78 Å². The first-order valence-corrected chi connectivity index (χ1v) is 6.44. The number of carbonyl (C=O) groups excluding carboxylic acids is 2. The van der Waals surface area contributed by atoms with Crippen LogP contribution < -0.4 is 5.73 Å². The van der Waals surface area contributed by atoms with Gasteiger partial charge in [0.05, 0.1) is 13.1 Å². The Morgan fingerprint density at radius 1 is 1.21 bits per heavy atom. The maximum atomic E-state index is 12.3. The SMILES string of the molecule is Cc1ccc(C(=O)CN(CC(N)=O)C(C)C)c(C)c1. The maximum absolute atomic E-state index is 12.3. The van der Waals surface area contributed by atoms with E-state index >= 15 is 0 Å². The number of ketones is 1. The van der Waals surface area contributed by atoms with Gasteiger partial charge in [-0.15, -0.1) is 0 Å². The second-order valence-corrected chi connectivity index (χ2v) is 5.21. The van der Waals surface area contributed by atoms with Crippen molar-refractivity contribution in [3.63, 3.8) is 0 Å². The fourth-order valence-electron chi connectivity index (χ4n) is 2.02. The fourth-order valence-corrected chi connectivity index (χ4v) is 2.02. The highest BCUT2D eigenvalue weighted by molar-refractivity contribution is 5.99. The van der Waals surface area contributed by atoms with Crippen LogP contribution in [0.2, 0.25) is 0 Å². The van der Waals surface area contributed by atoms with Gasteiger partial charge in [-0.3, -0.25) is 14.5 Å². The van der Waals surface area contributed by atoms with Crippen molar-refractivity contribution in [3.05, 3.63) is 34.9 Å². The highest BCUT2D eigenvalue weighted by Gasteiger charge is 2.18. The van der Waals surface area contributed by atoms with Crippen molar-refractivity contribution in [2.45, 2.75) is 33.7 Å². The van der Waals surface area contributed by atoms with Gasteiger partial charge < -0.3 is 5.73 Å². The van der Waals surface area contributed by atoms with Gasteiger partial charge in [-0.1, -0.05) is 23.8 Å². The molecule has 2 N–H and O–H groups in total. The van der Waals surface area contributed by atoms with Crippen LogP contribution in [0.15, 0.2) is 18.2 Å². The first-order valence-electron chi connectivity index (χ1n) is 6.44. The summed E-state index contributed by atoms with van der Waals surface area (Å²) in [6, 6.07) is 5.85. The molecule has 0 fully saturated rings. The predicted molar refractivity (Wildman–Crippen MR) is 76.1 cm³/mol. The number of Topliss-reactive ketones (excluding diaryl/α,β-unsaturated/α-hetero) is 1. The van der Waals surface area contributed by atoms with E-state index in [1.165, 1.54) is 0 Å². The normalized spacial score (nSPS) is 11.1. The van der Waals surface area contributed by atoms with Gasteiger partial charge in [-0.05, 0) is 33.3 Å². The van der Waals surface area contributed by atoms with Crippen LogP contribution in [0.1, 0.15) is 35.3 Å². The lowest BCUT2D eigenvalue weighted by atomic mass is 10.0. The molecule has 0 aliphatic rings. The smallest absolute Gasteiger partial charge is 0.231 e. The molecule has 0 heterocycles. The second-order valence-electron chi connectivity index (χ2n) is 5.21. The Labute approximate surface area is 114 Å². The number of carbonyl (C=O) groups is 2. The first-order chi connectivity index (χ1) is 8.81. The molecule has 0 aromatic heterocycles. The monoisotopic (exact) mass is 262 g/mol. The summed E-state index contributed by atoms with van der Waals surface area (Å²) < 4.78 is 0. The van der Waals surface area contributed by atoms with Crippen LogP contribution in [-0.4, -0.2) is 35.7 Å². The van der Waals surface area contributed by atoms with Gasteiger partial charge in [0.2, 0.25) is 5.91 Å². The van der Waals surface area contributed by atoms with E-state index in [1.807, 2.05) is 45.9 Å². The molecule has 0 saturated heterocycles. The molecule has 1 rings (SSSR count). The standard InChI is InChI=1S/C15H22N2O2/c1-10(2)17(9-15(16)19)8-14(18)13-6-5-11(3)7-12(13)4/h5-7,10H,8-9H2,1-4H3,(H2,16,19). The molecule has 0 aliphatic heterocycles. The van der Waals surface area contributed by atoms with Crippen LogP contribution in [0.25, 0.3) is 0 Å². The van der Waals surface area contributed by atoms with E-state index in [1.54, 1.807) is 4.90 Å². The summed E-state index contributed by atoms with van der Waals surface area (Å²) in [5, 5.41) is 0. The zero-order valence-electron chi connectivity index (χ0n) is 12.1. The lowest BCUT2D eigenvalue weighted by Gasteiger charge is -2.24. The highest BCUT2D eigenvalue weighted by atomic mass is 16.1. The molecule has 4 nitrogen and oxygen atoms in total. The number of hydrogen-bond acceptors (Lipinski definition) is 3. The molecule has 0 atom stereocenters. The van der Waals surface area contributed by atoms with Crippen molar-refractivity contribution in [2.75, 3.05) is 13.1 Å². The Kier molecular flexibility index (Phi) is 5.24. The van der Waals surface area contributed by atoms with Gasteiger partial charge in [-0.2, -0.15) is 0 Å². The van der Waals surface area contributed by atoms with E-state index in [9.17, 15) is 9.59 Å². The van der Waals surface area contributed by atoms with Gasteiger partial charge in [0, 0.05) is 11.6 Å². The average molecular weight is 262 g/mol.